The van der Waals surface area contributed by atoms with E-state index in [1.165, 1.54) is 5.56 Å². The van der Waals surface area contributed by atoms with Crippen molar-refractivity contribution in [3.05, 3.63) is 53.6 Å². The number of hydrogen-bond acceptors (Lipinski definition) is 5. The van der Waals surface area contributed by atoms with Crippen LogP contribution in [0.15, 0.2) is 42.5 Å². The van der Waals surface area contributed by atoms with E-state index in [4.69, 9.17) is 9.47 Å². The number of fused-ring (bicyclic) bond motifs is 1. The van der Waals surface area contributed by atoms with E-state index in [9.17, 15) is 9.90 Å². The van der Waals surface area contributed by atoms with E-state index in [0.29, 0.717) is 32.5 Å². The highest BCUT2D eigenvalue weighted by Gasteiger charge is 2.26. The summed E-state index contributed by atoms with van der Waals surface area (Å²) in [7, 11) is 1.65. The second kappa shape index (κ2) is 10.2. The van der Waals surface area contributed by atoms with Crippen molar-refractivity contribution in [2.24, 2.45) is 0 Å². The average Bonchev–Trinajstić information content (AvgIpc) is 2.73. The number of carbonyl (C=O) groups excluding carboxylic acids is 1. The number of aliphatic hydroxyl groups is 1. The number of hydrogen-bond donors (Lipinski definition) is 2. The lowest BCUT2D eigenvalue weighted by molar-refractivity contribution is -0.116. The van der Waals surface area contributed by atoms with E-state index >= 15 is 0 Å². The van der Waals surface area contributed by atoms with Gasteiger partial charge in [-0.05, 0) is 41.2 Å². The van der Waals surface area contributed by atoms with Gasteiger partial charge in [0.15, 0.2) is 0 Å². The van der Waals surface area contributed by atoms with E-state index in [2.05, 4.69) is 55.3 Å². The third-order valence-corrected chi connectivity index (χ3v) is 5.48. The molecule has 1 amide bonds. The van der Waals surface area contributed by atoms with Gasteiger partial charge in [-0.25, -0.2) is 0 Å². The fourth-order valence-corrected chi connectivity index (χ4v) is 3.76. The fourth-order valence-electron chi connectivity index (χ4n) is 3.76. The van der Waals surface area contributed by atoms with E-state index in [1.54, 1.807) is 7.11 Å². The molecule has 0 bridgehead atoms. The highest BCUT2D eigenvalue weighted by molar-refractivity contribution is 5.91. The average molecular weight is 427 g/mol. The molecule has 1 unspecified atom stereocenters. The molecule has 1 aliphatic heterocycles. The van der Waals surface area contributed by atoms with Crippen molar-refractivity contribution < 1.29 is 19.4 Å². The number of anilines is 2. The van der Waals surface area contributed by atoms with Gasteiger partial charge in [0, 0.05) is 25.8 Å². The van der Waals surface area contributed by atoms with Crippen molar-refractivity contribution in [3.63, 3.8) is 0 Å². The zero-order valence-corrected chi connectivity index (χ0v) is 19.0. The van der Waals surface area contributed by atoms with E-state index in [-0.39, 0.29) is 24.0 Å². The number of benzene rings is 2. The first-order chi connectivity index (χ1) is 14.8. The monoisotopic (exact) mass is 426 g/mol. The molecule has 1 heterocycles. The minimum atomic E-state index is -0.0887. The van der Waals surface area contributed by atoms with Gasteiger partial charge in [0.2, 0.25) is 5.91 Å². The number of carbonyl (C=O) groups is 1. The van der Waals surface area contributed by atoms with Crippen molar-refractivity contribution in [3.8, 4) is 5.75 Å². The van der Waals surface area contributed by atoms with Crippen LogP contribution in [0.5, 0.6) is 5.75 Å². The summed E-state index contributed by atoms with van der Waals surface area (Å²) in [6.45, 7) is 8.23. The molecule has 2 aromatic carbocycles. The van der Waals surface area contributed by atoms with Gasteiger partial charge in [-0.15, -0.1) is 0 Å². The summed E-state index contributed by atoms with van der Waals surface area (Å²) in [6, 6.07) is 14.1. The van der Waals surface area contributed by atoms with Crippen molar-refractivity contribution >= 4 is 17.3 Å². The van der Waals surface area contributed by atoms with Crippen LogP contribution in [0, 0.1) is 0 Å². The maximum Gasteiger partial charge on any atom is 0.224 e. The van der Waals surface area contributed by atoms with Crippen LogP contribution >= 0.6 is 0 Å². The van der Waals surface area contributed by atoms with E-state index in [1.807, 2.05) is 18.2 Å². The van der Waals surface area contributed by atoms with Gasteiger partial charge in [0.05, 0.1) is 25.4 Å². The largest absolute Gasteiger partial charge is 0.484 e. The fraction of sp³-hybridized carbons (Fsp3) is 0.480. The number of amides is 1. The van der Waals surface area contributed by atoms with Crippen LogP contribution in [0.4, 0.5) is 11.4 Å². The van der Waals surface area contributed by atoms with Gasteiger partial charge in [0.25, 0.3) is 0 Å². The Bertz CT molecular complexity index is 874. The van der Waals surface area contributed by atoms with Gasteiger partial charge >= 0.3 is 0 Å². The molecule has 0 radical (unpaired) electrons. The topological polar surface area (TPSA) is 71.0 Å². The molecule has 1 atom stereocenters. The van der Waals surface area contributed by atoms with Crippen LogP contribution in [-0.2, 0) is 21.4 Å². The maximum atomic E-state index is 12.5. The number of aliphatic hydroxyl groups excluding tert-OH is 1. The second-order valence-corrected chi connectivity index (χ2v) is 9.04. The minimum absolute atomic E-state index is 0.0254. The Balaban J connectivity index is 1.61. The quantitative estimate of drug-likeness (QED) is 0.673. The summed E-state index contributed by atoms with van der Waals surface area (Å²) in [4.78, 5) is 14.6. The number of rotatable bonds is 8. The first-order valence-corrected chi connectivity index (χ1v) is 10.8. The molecule has 6 nitrogen and oxygen atoms in total. The molecular weight excluding hydrogens is 392 g/mol. The highest BCUT2D eigenvalue weighted by Crippen LogP contribution is 2.35. The van der Waals surface area contributed by atoms with E-state index in [0.717, 1.165) is 22.7 Å². The SMILES string of the molecule is COCC1CN(CCO)c2cc(NC(=O)CCc3ccc(C(C)(C)C)cc3)ccc2O1. The molecule has 2 aromatic rings. The van der Waals surface area contributed by atoms with Crippen LogP contribution in [-0.4, -0.2) is 50.5 Å². The summed E-state index contributed by atoms with van der Waals surface area (Å²) >= 11 is 0. The third kappa shape index (κ3) is 6.21. The van der Waals surface area contributed by atoms with Crippen LogP contribution in [0.1, 0.15) is 38.3 Å². The molecule has 0 aromatic heterocycles. The Morgan fingerprint density at radius 3 is 2.61 bits per heavy atom. The molecular formula is C25H34N2O4. The van der Waals surface area contributed by atoms with Crippen LogP contribution in [0.25, 0.3) is 0 Å². The molecule has 168 valence electrons. The van der Waals surface area contributed by atoms with Crippen molar-refractivity contribution in [2.45, 2.75) is 45.1 Å². The molecule has 0 spiro atoms. The summed E-state index contributed by atoms with van der Waals surface area (Å²) in [5, 5.41) is 12.4. The Hall–Kier alpha value is -2.57. The van der Waals surface area contributed by atoms with Crippen molar-refractivity contribution in [1.82, 2.24) is 0 Å². The predicted molar refractivity (Wildman–Crippen MR) is 124 cm³/mol. The molecule has 3 rings (SSSR count). The lowest BCUT2D eigenvalue weighted by Crippen LogP contribution is -2.43. The minimum Gasteiger partial charge on any atom is -0.484 e. The van der Waals surface area contributed by atoms with Crippen molar-refractivity contribution in [1.29, 1.82) is 0 Å². The summed E-state index contributed by atoms with van der Waals surface area (Å²) < 4.78 is 11.2. The number of aryl methyl sites for hydroxylation is 1. The summed E-state index contributed by atoms with van der Waals surface area (Å²) in [6.07, 6.45) is 1.02. The predicted octanol–water partition coefficient (Wildman–Crippen LogP) is 3.76. The highest BCUT2D eigenvalue weighted by atomic mass is 16.5. The number of nitrogens with one attached hydrogen (secondary N) is 1. The Morgan fingerprint density at radius 1 is 1.23 bits per heavy atom. The molecule has 0 fully saturated rings. The standard InChI is InChI=1S/C25H34N2O4/c1-25(2,3)19-8-5-18(6-9-19)7-12-24(29)26-20-10-11-23-22(15-20)27(13-14-28)16-21(31-23)17-30-4/h5-6,8-11,15,21,28H,7,12-14,16-17H2,1-4H3,(H,26,29). The zero-order chi connectivity index (χ0) is 22.4. The number of nitrogens with zero attached hydrogens (tertiary/aromatic N) is 1. The first kappa shape index (κ1) is 23.1. The molecule has 0 saturated heterocycles. The van der Waals surface area contributed by atoms with Gasteiger partial charge in [-0.1, -0.05) is 45.0 Å². The number of methoxy groups -OCH3 is 1. The van der Waals surface area contributed by atoms with Crippen LogP contribution in [0.3, 0.4) is 0 Å². The smallest absolute Gasteiger partial charge is 0.224 e. The molecule has 1 aliphatic rings. The number of β-amino-alcohol motifs (C(OH)–C–C–N with tert-alkyl or cyclic N) is 1. The molecule has 2 N–H and O–H groups in total. The van der Waals surface area contributed by atoms with Crippen LogP contribution < -0.4 is 15.0 Å². The van der Waals surface area contributed by atoms with Gasteiger partial charge in [-0.3, -0.25) is 4.79 Å². The lowest BCUT2D eigenvalue weighted by atomic mass is 9.86. The second-order valence-electron chi connectivity index (χ2n) is 9.04. The maximum absolute atomic E-state index is 12.5. The molecule has 6 heteroatoms. The molecule has 0 saturated carbocycles. The summed E-state index contributed by atoms with van der Waals surface area (Å²) in [5.74, 6) is 0.709. The molecule has 0 aliphatic carbocycles. The Labute approximate surface area is 185 Å². The van der Waals surface area contributed by atoms with Crippen LogP contribution in [0.2, 0.25) is 0 Å². The van der Waals surface area contributed by atoms with E-state index < -0.39 is 0 Å². The Kier molecular flexibility index (Phi) is 7.57. The lowest BCUT2D eigenvalue weighted by Gasteiger charge is -2.36. The van der Waals surface area contributed by atoms with Gasteiger partial charge in [-0.2, -0.15) is 0 Å². The normalized spacial score (nSPS) is 15.9. The van der Waals surface area contributed by atoms with Crippen molar-refractivity contribution in [2.75, 3.05) is 43.6 Å². The summed E-state index contributed by atoms with van der Waals surface area (Å²) in [5.41, 5.74) is 4.16. The zero-order valence-electron chi connectivity index (χ0n) is 19.0. The van der Waals surface area contributed by atoms with Gasteiger partial charge < -0.3 is 24.8 Å². The Morgan fingerprint density at radius 2 is 1.97 bits per heavy atom. The van der Waals surface area contributed by atoms with Gasteiger partial charge in [0.1, 0.15) is 11.9 Å². The first-order valence-electron chi connectivity index (χ1n) is 10.8. The number of ether oxygens (including phenoxy) is 2. The molecule has 31 heavy (non-hydrogen) atoms. The third-order valence-electron chi connectivity index (χ3n) is 5.48.